The number of nitrogens with zero attached hydrogens (tertiary/aromatic N) is 3. The first kappa shape index (κ1) is 43.5. The molecule has 0 spiro atoms. The summed E-state index contributed by atoms with van der Waals surface area (Å²) in [6.07, 6.45) is 3.41. The van der Waals surface area contributed by atoms with Crippen LogP contribution in [-0.4, -0.2) is 120 Å². The minimum atomic E-state index is -0.964. The Balaban J connectivity index is 1.24. The SMILES string of the molecule is CC(C)(c1ccc(OCC(O)C[N+](C)(C)N=C([O-])C2CCCCC2C(=O)O)cc1)c1ccc(OCC(O)C[N+](C)(C)NC(=O)C2CCCCC2C(=O)O)cc1. The summed E-state index contributed by atoms with van der Waals surface area (Å²) >= 11 is 0. The molecule has 2 aromatic carbocycles. The standard InChI is InChI=1S/C41H60N4O10/c1-41(2,27-15-19-31(20-16-27)54-25-29(46)23-44(3,4)42-37(48)33-11-7-9-13-35(33)39(50)51)28-17-21-32(22-18-28)55-26-30(47)24-45(5,6)43-38(49)34-12-8-10-14-36(34)40(52)53/h15-22,29-30,33-36,46-47H,7-14,23-26H2,1-6H3,(H2-2,42,43,48,49,50,51,52,53)/p+1. The molecule has 2 aliphatic rings. The normalized spacial score (nSPS) is 22.3. The van der Waals surface area contributed by atoms with Gasteiger partial charge >= 0.3 is 11.9 Å². The van der Waals surface area contributed by atoms with Gasteiger partial charge in [-0.1, -0.05) is 63.8 Å². The van der Waals surface area contributed by atoms with Crippen molar-refractivity contribution in [1.29, 1.82) is 0 Å². The number of hydrogen-bond donors (Lipinski definition) is 5. The molecule has 0 radical (unpaired) electrons. The van der Waals surface area contributed by atoms with Gasteiger partial charge in [-0.3, -0.25) is 14.4 Å². The van der Waals surface area contributed by atoms with E-state index in [-0.39, 0.29) is 46.8 Å². The second-order valence-corrected chi connectivity index (χ2v) is 16.9. The van der Waals surface area contributed by atoms with E-state index >= 15 is 0 Å². The van der Waals surface area contributed by atoms with Gasteiger partial charge in [0.1, 0.15) is 50.0 Å². The Kier molecular flexibility index (Phi) is 14.7. The van der Waals surface area contributed by atoms with Gasteiger partial charge in [-0.2, -0.15) is 0 Å². The number of rotatable bonds is 18. The summed E-state index contributed by atoms with van der Waals surface area (Å²) in [6, 6.07) is 15.2. The van der Waals surface area contributed by atoms with E-state index in [0.717, 1.165) is 36.8 Å². The fourth-order valence-electron chi connectivity index (χ4n) is 7.91. The van der Waals surface area contributed by atoms with E-state index in [4.69, 9.17) is 9.47 Å². The fraction of sp³-hybridized carbons (Fsp3) is 0.610. The van der Waals surface area contributed by atoms with Crippen LogP contribution in [0, 0.1) is 23.7 Å². The Hall–Kier alpha value is -4.24. The number of carboxylic acid groups (broad SMARTS) is 2. The minimum Gasteiger partial charge on any atom is -0.858 e. The molecule has 304 valence electrons. The molecule has 14 heteroatoms. The Morgan fingerprint density at radius 1 is 0.727 bits per heavy atom. The van der Waals surface area contributed by atoms with Crippen molar-refractivity contribution < 1.29 is 58.6 Å². The number of carbonyl (C=O) groups excluding carboxylic acids is 1. The molecule has 6 unspecified atom stereocenters. The predicted octanol–water partition coefficient (Wildman–Crippen LogP) is 3.13. The molecule has 5 N–H and O–H groups in total. The number of hydrogen-bond acceptors (Lipinski definition) is 9. The Labute approximate surface area is 324 Å². The van der Waals surface area contributed by atoms with Gasteiger partial charge in [0.05, 0.1) is 45.9 Å². The van der Waals surface area contributed by atoms with E-state index in [1.54, 1.807) is 28.2 Å². The van der Waals surface area contributed by atoms with Crippen molar-refractivity contribution in [2.45, 2.75) is 82.8 Å². The number of likely N-dealkylation sites (N-methyl/N-ethyl adjacent to an activating group) is 2. The highest BCUT2D eigenvalue weighted by atomic mass is 16.5. The number of aliphatic hydroxyl groups excluding tert-OH is 2. The first-order valence-electron chi connectivity index (χ1n) is 19.3. The van der Waals surface area contributed by atoms with E-state index < -0.39 is 53.7 Å². The number of carboxylic acids is 2. The van der Waals surface area contributed by atoms with Crippen molar-refractivity contribution in [2.24, 2.45) is 28.8 Å². The van der Waals surface area contributed by atoms with Crippen molar-refractivity contribution in [3.63, 3.8) is 0 Å². The lowest BCUT2D eigenvalue weighted by Crippen LogP contribution is -2.60. The number of benzene rings is 2. The summed E-state index contributed by atoms with van der Waals surface area (Å²) in [5.41, 5.74) is 4.59. The second-order valence-electron chi connectivity index (χ2n) is 16.9. The molecule has 6 atom stereocenters. The van der Waals surface area contributed by atoms with Crippen LogP contribution in [0.25, 0.3) is 0 Å². The summed E-state index contributed by atoms with van der Waals surface area (Å²) in [5, 5.41) is 57.7. The Morgan fingerprint density at radius 2 is 1.13 bits per heavy atom. The van der Waals surface area contributed by atoms with Gasteiger partial charge in [0.15, 0.2) is 0 Å². The van der Waals surface area contributed by atoms with E-state index in [2.05, 4.69) is 24.4 Å². The molecule has 0 bridgehead atoms. The van der Waals surface area contributed by atoms with Crippen LogP contribution in [0.5, 0.6) is 11.5 Å². The van der Waals surface area contributed by atoms with Crippen molar-refractivity contribution >= 4 is 23.7 Å². The van der Waals surface area contributed by atoms with Gasteiger partial charge in [-0.05, 0) is 61.1 Å². The molecule has 0 aromatic heterocycles. The monoisotopic (exact) mass is 769 g/mol. The van der Waals surface area contributed by atoms with Crippen LogP contribution in [0.3, 0.4) is 0 Å². The van der Waals surface area contributed by atoms with E-state index in [0.29, 0.717) is 37.2 Å². The summed E-state index contributed by atoms with van der Waals surface area (Å²) in [6.45, 7) is 4.49. The summed E-state index contributed by atoms with van der Waals surface area (Å²) in [4.78, 5) is 36.3. The number of quaternary nitrogens is 2. The van der Waals surface area contributed by atoms with Crippen molar-refractivity contribution in [2.75, 3.05) is 54.5 Å². The summed E-state index contributed by atoms with van der Waals surface area (Å²) < 4.78 is 11.6. The van der Waals surface area contributed by atoms with Crippen molar-refractivity contribution in [3.05, 3.63) is 59.7 Å². The molecule has 0 heterocycles. The number of nitrogens with one attached hydrogen (secondary N) is 1. The number of carbonyl (C=O) groups is 3. The van der Waals surface area contributed by atoms with E-state index in [1.165, 1.54) is 0 Å². The van der Waals surface area contributed by atoms with Crippen LogP contribution >= 0.6 is 0 Å². The average Bonchev–Trinajstić information content (AvgIpc) is 3.12. The molecule has 2 aromatic rings. The topological polar surface area (TPSA) is 198 Å². The maximum atomic E-state index is 13.0. The lowest BCUT2D eigenvalue weighted by atomic mass is 9.78. The molecular weight excluding hydrogens is 708 g/mol. The zero-order valence-electron chi connectivity index (χ0n) is 33.1. The van der Waals surface area contributed by atoms with Gasteiger partial charge in [0.2, 0.25) is 0 Å². The highest BCUT2D eigenvalue weighted by Gasteiger charge is 2.39. The third-order valence-corrected chi connectivity index (χ3v) is 11.0. The number of aliphatic hydroxyl groups is 2. The van der Waals surface area contributed by atoms with Crippen LogP contribution < -0.4 is 20.0 Å². The molecule has 0 aliphatic heterocycles. The molecule has 0 saturated heterocycles. The number of amides is 1. The molecule has 55 heavy (non-hydrogen) atoms. The van der Waals surface area contributed by atoms with Gasteiger partial charge < -0.3 is 35.0 Å². The molecule has 2 aliphatic carbocycles. The van der Waals surface area contributed by atoms with Crippen LogP contribution in [0.2, 0.25) is 0 Å². The minimum absolute atomic E-state index is 0.00864. The van der Waals surface area contributed by atoms with Gasteiger partial charge in [-0.15, -0.1) is 5.10 Å². The second kappa shape index (κ2) is 18.6. The largest absolute Gasteiger partial charge is 0.858 e. The van der Waals surface area contributed by atoms with Crippen LogP contribution in [0.1, 0.15) is 76.3 Å². The van der Waals surface area contributed by atoms with E-state index in [1.807, 2.05) is 48.5 Å². The lowest BCUT2D eigenvalue weighted by Gasteiger charge is -2.34. The first-order chi connectivity index (χ1) is 25.8. The highest BCUT2D eigenvalue weighted by molar-refractivity contribution is 5.84. The predicted molar refractivity (Wildman–Crippen MR) is 204 cm³/mol. The van der Waals surface area contributed by atoms with Crippen molar-refractivity contribution in [1.82, 2.24) is 5.43 Å². The fourth-order valence-corrected chi connectivity index (χ4v) is 7.91. The molecule has 14 nitrogen and oxygen atoms in total. The maximum absolute atomic E-state index is 13.0. The maximum Gasteiger partial charge on any atom is 0.307 e. The molecular formula is C41H61N4O10+. The van der Waals surface area contributed by atoms with Crippen LogP contribution in [0.4, 0.5) is 0 Å². The molecule has 2 saturated carbocycles. The molecule has 1 amide bonds. The summed E-state index contributed by atoms with van der Waals surface area (Å²) in [7, 11) is 6.89. The highest BCUT2D eigenvalue weighted by Crippen LogP contribution is 2.34. The smallest absolute Gasteiger partial charge is 0.307 e. The van der Waals surface area contributed by atoms with Gasteiger partial charge in [0.25, 0.3) is 5.91 Å². The Bertz CT molecular complexity index is 1630. The molecule has 2 fully saturated rings. The Morgan fingerprint density at radius 3 is 1.58 bits per heavy atom. The number of ether oxygens (including phenoxy) is 2. The third kappa shape index (κ3) is 12.4. The first-order valence-corrected chi connectivity index (χ1v) is 19.3. The zero-order chi connectivity index (χ0) is 40.6. The lowest BCUT2D eigenvalue weighted by molar-refractivity contribution is -0.928. The van der Waals surface area contributed by atoms with Gasteiger partial charge in [0, 0.05) is 17.2 Å². The third-order valence-electron chi connectivity index (χ3n) is 11.0. The number of aliphatic carboxylic acids is 2. The van der Waals surface area contributed by atoms with Gasteiger partial charge in [-0.25, -0.2) is 14.6 Å². The quantitative estimate of drug-likeness (QED) is 0.0650. The van der Waals surface area contributed by atoms with Crippen LogP contribution in [-0.2, 0) is 19.8 Å². The zero-order valence-corrected chi connectivity index (χ0v) is 33.1. The van der Waals surface area contributed by atoms with Crippen molar-refractivity contribution in [3.8, 4) is 11.5 Å². The average molecular weight is 770 g/mol. The molecule has 4 rings (SSSR count). The van der Waals surface area contributed by atoms with E-state index in [9.17, 15) is 39.9 Å². The summed E-state index contributed by atoms with van der Waals surface area (Å²) in [5.74, 6) is -4.13. The van der Waals surface area contributed by atoms with Crippen LogP contribution in [0.15, 0.2) is 53.6 Å².